The maximum Gasteiger partial charge on any atom is 0.247 e. The Morgan fingerprint density at radius 3 is 2.00 bits per heavy atom. The molecule has 13 heavy (non-hydrogen) atoms. The van der Waals surface area contributed by atoms with Crippen molar-refractivity contribution in [2.75, 3.05) is 0 Å². The number of pyridine rings is 2. The van der Waals surface area contributed by atoms with E-state index in [9.17, 15) is 4.79 Å². The second-order valence-corrected chi connectivity index (χ2v) is 2.25. The number of nitrogens with one attached hydrogen (secondary N) is 1. The number of aromatic nitrogens is 2. The van der Waals surface area contributed by atoms with Crippen LogP contribution >= 0.6 is 0 Å². The molecule has 3 nitrogen and oxygen atoms in total. The van der Waals surface area contributed by atoms with E-state index in [1.165, 1.54) is 6.07 Å². The highest BCUT2D eigenvalue weighted by Crippen LogP contribution is 1.73. The van der Waals surface area contributed by atoms with Crippen LogP contribution in [0.15, 0.2) is 59.8 Å². The lowest BCUT2D eigenvalue weighted by molar-refractivity contribution is 1.24. The van der Waals surface area contributed by atoms with E-state index in [1.807, 2.05) is 18.2 Å². The van der Waals surface area contributed by atoms with E-state index < -0.39 is 0 Å². The molecule has 3 heteroatoms. The first kappa shape index (κ1) is 9.19. The fraction of sp³-hybridized carbons (Fsp3) is 0. The minimum atomic E-state index is -0.0532. The van der Waals surface area contributed by atoms with Crippen molar-refractivity contribution in [2.24, 2.45) is 0 Å². The molecular formula is C10H10N2O. The van der Waals surface area contributed by atoms with Crippen LogP contribution in [-0.4, -0.2) is 9.97 Å². The zero-order chi connectivity index (χ0) is 9.36. The van der Waals surface area contributed by atoms with Crippen LogP contribution in [0.2, 0.25) is 0 Å². The number of H-pyrrole nitrogens is 1. The molecule has 2 aromatic heterocycles. The van der Waals surface area contributed by atoms with Gasteiger partial charge in [-0.25, -0.2) is 0 Å². The average molecular weight is 174 g/mol. The van der Waals surface area contributed by atoms with Crippen molar-refractivity contribution in [3.8, 4) is 0 Å². The molecular weight excluding hydrogens is 164 g/mol. The van der Waals surface area contributed by atoms with Crippen LogP contribution in [0.1, 0.15) is 0 Å². The van der Waals surface area contributed by atoms with Crippen molar-refractivity contribution in [2.45, 2.75) is 0 Å². The Hall–Kier alpha value is -1.90. The quantitative estimate of drug-likeness (QED) is 0.657. The molecule has 0 spiro atoms. The molecule has 0 aliphatic rings. The second kappa shape index (κ2) is 5.71. The molecule has 0 aromatic carbocycles. The first-order valence-corrected chi connectivity index (χ1v) is 3.88. The topological polar surface area (TPSA) is 45.8 Å². The van der Waals surface area contributed by atoms with Gasteiger partial charge in [-0.05, 0) is 18.2 Å². The van der Waals surface area contributed by atoms with Gasteiger partial charge in [0.2, 0.25) is 5.56 Å². The predicted octanol–water partition coefficient (Wildman–Crippen LogP) is 1.46. The third-order valence-corrected chi connectivity index (χ3v) is 1.25. The fourth-order valence-corrected chi connectivity index (χ4v) is 0.689. The summed E-state index contributed by atoms with van der Waals surface area (Å²) in [5.74, 6) is 0. The van der Waals surface area contributed by atoms with Gasteiger partial charge >= 0.3 is 0 Å². The van der Waals surface area contributed by atoms with Gasteiger partial charge in [-0.2, -0.15) is 0 Å². The van der Waals surface area contributed by atoms with Crippen LogP contribution in [0, 0.1) is 0 Å². The largest absolute Gasteiger partial charge is 0.329 e. The van der Waals surface area contributed by atoms with Gasteiger partial charge in [0.05, 0.1) is 0 Å². The summed E-state index contributed by atoms with van der Waals surface area (Å²) >= 11 is 0. The van der Waals surface area contributed by atoms with E-state index in [0.717, 1.165) is 0 Å². The summed E-state index contributed by atoms with van der Waals surface area (Å²) < 4.78 is 0. The molecule has 0 atom stereocenters. The minimum Gasteiger partial charge on any atom is -0.329 e. The van der Waals surface area contributed by atoms with Gasteiger partial charge in [0.15, 0.2) is 0 Å². The molecule has 0 saturated carbocycles. The third kappa shape index (κ3) is 4.53. The molecule has 2 heterocycles. The normalized spacial score (nSPS) is 8.31. The number of nitrogens with zero attached hydrogens (tertiary/aromatic N) is 1. The number of hydrogen-bond donors (Lipinski definition) is 1. The molecule has 0 aliphatic heterocycles. The average Bonchev–Trinajstić information content (AvgIpc) is 2.22. The lowest BCUT2D eigenvalue weighted by atomic mass is 10.5. The zero-order valence-corrected chi connectivity index (χ0v) is 7.05. The maximum atomic E-state index is 10.2. The van der Waals surface area contributed by atoms with Gasteiger partial charge < -0.3 is 4.98 Å². The standard InChI is InChI=1S/C5H5NO.C5H5N/c7-5-3-1-2-4-6-5;1-2-4-6-5-3-1/h1-4H,(H,6,7);1-5H. The van der Waals surface area contributed by atoms with E-state index in [0.29, 0.717) is 0 Å². The van der Waals surface area contributed by atoms with Gasteiger partial charge in [-0.1, -0.05) is 12.1 Å². The minimum absolute atomic E-state index is 0.0532. The molecule has 0 unspecified atom stereocenters. The van der Waals surface area contributed by atoms with E-state index in [1.54, 1.807) is 30.7 Å². The summed E-state index contributed by atoms with van der Waals surface area (Å²) in [5, 5.41) is 0. The highest BCUT2D eigenvalue weighted by atomic mass is 16.1. The number of aromatic amines is 1. The fourth-order valence-electron chi connectivity index (χ4n) is 0.689. The van der Waals surface area contributed by atoms with Crippen molar-refractivity contribution in [1.29, 1.82) is 0 Å². The SMILES string of the molecule is O=c1cccc[nH]1.c1ccncc1. The Morgan fingerprint density at radius 1 is 1.00 bits per heavy atom. The van der Waals surface area contributed by atoms with Crippen LogP contribution in [0.3, 0.4) is 0 Å². The van der Waals surface area contributed by atoms with E-state index in [2.05, 4.69) is 9.97 Å². The van der Waals surface area contributed by atoms with E-state index >= 15 is 0 Å². The van der Waals surface area contributed by atoms with Crippen molar-refractivity contribution in [3.63, 3.8) is 0 Å². The smallest absolute Gasteiger partial charge is 0.247 e. The molecule has 2 aromatic rings. The maximum absolute atomic E-state index is 10.2. The summed E-state index contributed by atoms with van der Waals surface area (Å²) in [6.45, 7) is 0. The van der Waals surface area contributed by atoms with Crippen LogP contribution in [-0.2, 0) is 0 Å². The highest BCUT2D eigenvalue weighted by Gasteiger charge is 1.69. The lowest BCUT2D eigenvalue weighted by Crippen LogP contribution is -1.98. The molecule has 1 N–H and O–H groups in total. The molecule has 2 rings (SSSR count). The summed E-state index contributed by atoms with van der Waals surface area (Å²) in [7, 11) is 0. The Balaban J connectivity index is 0.000000132. The molecule has 0 radical (unpaired) electrons. The Morgan fingerprint density at radius 2 is 1.77 bits per heavy atom. The lowest BCUT2D eigenvalue weighted by Gasteiger charge is -1.73. The molecule has 66 valence electrons. The molecule has 0 bridgehead atoms. The van der Waals surface area contributed by atoms with Gasteiger partial charge in [-0.15, -0.1) is 0 Å². The summed E-state index contributed by atoms with van der Waals surface area (Å²) in [4.78, 5) is 16.5. The molecule has 0 aliphatic carbocycles. The van der Waals surface area contributed by atoms with Gasteiger partial charge in [-0.3, -0.25) is 9.78 Å². The predicted molar refractivity (Wildman–Crippen MR) is 51.3 cm³/mol. The van der Waals surface area contributed by atoms with Gasteiger partial charge in [0, 0.05) is 24.7 Å². The van der Waals surface area contributed by atoms with Gasteiger partial charge in [0.25, 0.3) is 0 Å². The Kier molecular flexibility index (Phi) is 4.04. The van der Waals surface area contributed by atoms with Gasteiger partial charge in [0.1, 0.15) is 0 Å². The number of rotatable bonds is 0. The number of hydrogen-bond acceptors (Lipinski definition) is 2. The van der Waals surface area contributed by atoms with Crippen molar-refractivity contribution in [3.05, 3.63) is 65.3 Å². The monoisotopic (exact) mass is 174 g/mol. The third-order valence-electron chi connectivity index (χ3n) is 1.25. The second-order valence-electron chi connectivity index (χ2n) is 2.25. The van der Waals surface area contributed by atoms with Crippen LogP contribution in [0.5, 0.6) is 0 Å². The Bertz CT molecular complexity index is 326. The molecule has 0 fully saturated rings. The highest BCUT2D eigenvalue weighted by molar-refractivity contribution is 4.89. The first-order chi connectivity index (χ1) is 6.39. The van der Waals surface area contributed by atoms with E-state index in [4.69, 9.17) is 0 Å². The Labute approximate surface area is 76.1 Å². The van der Waals surface area contributed by atoms with Crippen molar-refractivity contribution in [1.82, 2.24) is 9.97 Å². The van der Waals surface area contributed by atoms with Crippen LogP contribution in [0.25, 0.3) is 0 Å². The zero-order valence-electron chi connectivity index (χ0n) is 7.05. The summed E-state index contributed by atoms with van der Waals surface area (Å²) in [6, 6.07) is 10.6. The summed E-state index contributed by atoms with van der Waals surface area (Å²) in [6.07, 6.45) is 5.10. The van der Waals surface area contributed by atoms with E-state index in [-0.39, 0.29) is 5.56 Å². The summed E-state index contributed by atoms with van der Waals surface area (Å²) in [5.41, 5.74) is -0.0532. The first-order valence-electron chi connectivity index (χ1n) is 3.88. The van der Waals surface area contributed by atoms with Crippen molar-refractivity contribution < 1.29 is 0 Å². The molecule has 0 saturated heterocycles. The molecule has 0 amide bonds. The van der Waals surface area contributed by atoms with Crippen LogP contribution in [0.4, 0.5) is 0 Å². The van der Waals surface area contributed by atoms with Crippen molar-refractivity contribution >= 4 is 0 Å². The van der Waals surface area contributed by atoms with Crippen LogP contribution < -0.4 is 5.56 Å².